The van der Waals surface area contributed by atoms with Gasteiger partial charge < -0.3 is 11.1 Å². The SMILES string of the molecule is CNS(=O)(=O)c1ccc(NC2CC(=O)N(C)C2=O)cc1N. The molecule has 2 amide bonds. The molecule has 9 heteroatoms. The third-order valence-corrected chi connectivity index (χ3v) is 4.78. The smallest absolute Gasteiger partial charge is 0.251 e. The van der Waals surface area contributed by atoms with E-state index < -0.39 is 16.1 Å². The van der Waals surface area contributed by atoms with E-state index in [0.717, 1.165) is 4.90 Å². The average Bonchev–Trinajstić information content (AvgIpc) is 2.66. The minimum absolute atomic E-state index is 0.0403. The highest BCUT2D eigenvalue weighted by atomic mass is 32.2. The molecule has 1 saturated heterocycles. The lowest BCUT2D eigenvalue weighted by Gasteiger charge is -2.14. The van der Waals surface area contributed by atoms with Gasteiger partial charge in [-0.05, 0) is 25.2 Å². The fraction of sp³-hybridized carbons (Fsp3) is 0.333. The Morgan fingerprint density at radius 1 is 1.33 bits per heavy atom. The molecular weight excluding hydrogens is 296 g/mol. The molecule has 0 radical (unpaired) electrons. The third kappa shape index (κ3) is 2.83. The number of nitrogens with one attached hydrogen (secondary N) is 2. The number of hydrogen-bond acceptors (Lipinski definition) is 6. The van der Waals surface area contributed by atoms with Crippen LogP contribution in [0.25, 0.3) is 0 Å². The van der Waals surface area contributed by atoms with Crippen molar-refractivity contribution in [2.45, 2.75) is 17.4 Å². The lowest BCUT2D eigenvalue weighted by atomic mass is 10.2. The number of carbonyl (C=O) groups is 2. The number of carbonyl (C=O) groups excluding carboxylic acids is 2. The normalized spacial score (nSPS) is 19.1. The van der Waals surface area contributed by atoms with E-state index >= 15 is 0 Å². The average molecular weight is 312 g/mol. The molecular formula is C12H16N4O4S. The number of likely N-dealkylation sites (tertiary alicyclic amines) is 1. The number of nitrogens with zero attached hydrogens (tertiary/aromatic N) is 1. The molecule has 8 nitrogen and oxygen atoms in total. The molecule has 1 fully saturated rings. The van der Waals surface area contributed by atoms with Crippen LogP contribution in [0.15, 0.2) is 23.1 Å². The molecule has 2 rings (SSSR count). The van der Waals surface area contributed by atoms with E-state index in [0.29, 0.717) is 5.69 Å². The maximum Gasteiger partial charge on any atom is 0.251 e. The number of sulfonamides is 1. The van der Waals surface area contributed by atoms with Gasteiger partial charge in [0.1, 0.15) is 10.9 Å². The summed E-state index contributed by atoms with van der Waals surface area (Å²) in [7, 11) is -0.922. The summed E-state index contributed by atoms with van der Waals surface area (Å²) in [5, 5.41) is 2.88. The molecule has 1 aromatic carbocycles. The molecule has 0 aromatic heterocycles. The molecule has 1 aliphatic heterocycles. The minimum atomic E-state index is -3.63. The summed E-state index contributed by atoms with van der Waals surface area (Å²) < 4.78 is 25.6. The van der Waals surface area contributed by atoms with Crippen molar-refractivity contribution in [3.63, 3.8) is 0 Å². The second kappa shape index (κ2) is 5.34. The van der Waals surface area contributed by atoms with Gasteiger partial charge in [0, 0.05) is 12.7 Å². The van der Waals surface area contributed by atoms with E-state index in [1.54, 1.807) is 0 Å². The zero-order valence-electron chi connectivity index (χ0n) is 11.6. The maximum absolute atomic E-state index is 11.8. The number of amides is 2. The first-order chi connectivity index (χ1) is 9.76. The minimum Gasteiger partial charge on any atom is -0.398 e. The largest absolute Gasteiger partial charge is 0.398 e. The van der Waals surface area contributed by atoms with Crippen LogP contribution in [0.1, 0.15) is 6.42 Å². The van der Waals surface area contributed by atoms with Gasteiger partial charge in [0.05, 0.1) is 12.1 Å². The van der Waals surface area contributed by atoms with Crippen molar-refractivity contribution >= 4 is 33.2 Å². The summed E-state index contributed by atoms with van der Waals surface area (Å²) in [6.45, 7) is 0. The lowest BCUT2D eigenvalue weighted by molar-refractivity contribution is -0.136. The van der Waals surface area contributed by atoms with E-state index in [1.807, 2.05) is 0 Å². The summed E-state index contributed by atoms with van der Waals surface area (Å²) >= 11 is 0. The van der Waals surface area contributed by atoms with Crippen molar-refractivity contribution < 1.29 is 18.0 Å². The van der Waals surface area contributed by atoms with Crippen LogP contribution in [-0.4, -0.2) is 45.3 Å². The maximum atomic E-state index is 11.8. The van der Waals surface area contributed by atoms with Crippen molar-refractivity contribution in [2.24, 2.45) is 0 Å². The Bertz CT molecular complexity index is 701. The fourth-order valence-corrected chi connectivity index (χ4v) is 2.90. The highest BCUT2D eigenvalue weighted by molar-refractivity contribution is 7.89. The van der Waals surface area contributed by atoms with Gasteiger partial charge >= 0.3 is 0 Å². The molecule has 1 atom stereocenters. The first kappa shape index (κ1) is 15.3. The fourth-order valence-electron chi connectivity index (χ4n) is 2.06. The van der Waals surface area contributed by atoms with Crippen molar-refractivity contribution in [3.05, 3.63) is 18.2 Å². The van der Waals surface area contributed by atoms with E-state index in [1.165, 1.54) is 32.3 Å². The second-order valence-electron chi connectivity index (χ2n) is 4.65. The molecule has 21 heavy (non-hydrogen) atoms. The highest BCUT2D eigenvalue weighted by Crippen LogP contribution is 2.24. The zero-order chi connectivity index (χ0) is 15.8. The van der Waals surface area contributed by atoms with Crippen LogP contribution in [0.3, 0.4) is 0 Å². The Kier molecular flexibility index (Phi) is 3.88. The Labute approximate surface area is 122 Å². The van der Waals surface area contributed by atoms with Crippen LogP contribution in [0, 0.1) is 0 Å². The summed E-state index contributed by atoms with van der Waals surface area (Å²) in [5.41, 5.74) is 6.26. The van der Waals surface area contributed by atoms with E-state index in [2.05, 4.69) is 10.0 Å². The van der Waals surface area contributed by atoms with Crippen LogP contribution in [0.2, 0.25) is 0 Å². The topological polar surface area (TPSA) is 122 Å². The Morgan fingerprint density at radius 2 is 2.00 bits per heavy atom. The van der Waals surface area contributed by atoms with Crippen molar-refractivity contribution in [3.8, 4) is 0 Å². The van der Waals surface area contributed by atoms with Gasteiger partial charge in [-0.15, -0.1) is 0 Å². The van der Waals surface area contributed by atoms with Gasteiger partial charge in [0.2, 0.25) is 15.9 Å². The molecule has 0 bridgehead atoms. The van der Waals surface area contributed by atoms with E-state index in [9.17, 15) is 18.0 Å². The molecule has 1 aromatic rings. The summed E-state index contributed by atoms with van der Waals surface area (Å²) in [6.07, 6.45) is 0.0613. The van der Waals surface area contributed by atoms with Gasteiger partial charge in [-0.1, -0.05) is 0 Å². The molecule has 1 unspecified atom stereocenters. The number of imide groups is 1. The summed E-state index contributed by atoms with van der Waals surface area (Å²) in [5.74, 6) is -0.592. The van der Waals surface area contributed by atoms with Crippen LogP contribution in [0.5, 0.6) is 0 Å². The van der Waals surface area contributed by atoms with Crippen LogP contribution in [-0.2, 0) is 19.6 Å². The third-order valence-electron chi connectivity index (χ3n) is 3.29. The lowest BCUT2D eigenvalue weighted by Crippen LogP contribution is -2.31. The van der Waals surface area contributed by atoms with Crippen LogP contribution in [0.4, 0.5) is 11.4 Å². The Balaban J connectivity index is 2.23. The molecule has 0 spiro atoms. The standard InChI is InChI=1S/C12H16N4O4S/c1-14-21(19,20)10-4-3-7(5-8(10)13)15-9-6-11(17)16(2)12(9)18/h3-5,9,14-15H,6,13H2,1-2H3. The number of benzene rings is 1. The monoisotopic (exact) mass is 312 g/mol. The molecule has 1 heterocycles. The number of rotatable bonds is 4. The Morgan fingerprint density at radius 3 is 2.48 bits per heavy atom. The van der Waals surface area contributed by atoms with Crippen molar-refractivity contribution in [1.82, 2.24) is 9.62 Å². The van der Waals surface area contributed by atoms with Gasteiger partial charge in [0.25, 0.3) is 5.91 Å². The molecule has 0 saturated carbocycles. The van der Waals surface area contributed by atoms with Crippen LogP contribution >= 0.6 is 0 Å². The number of nitrogen functional groups attached to an aromatic ring is 1. The van der Waals surface area contributed by atoms with Gasteiger partial charge in [-0.25, -0.2) is 13.1 Å². The highest BCUT2D eigenvalue weighted by Gasteiger charge is 2.35. The van der Waals surface area contributed by atoms with Gasteiger partial charge in [-0.3, -0.25) is 14.5 Å². The van der Waals surface area contributed by atoms with E-state index in [-0.39, 0.29) is 28.8 Å². The molecule has 1 aliphatic rings. The zero-order valence-corrected chi connectivity index (χ0v) is 12.4. The van der Waals surface area contributed by atoms with Gasteiger partial charge in [0.15, 0.2) is 0 Å². The van der Waals surface area contributed by atoms with Gasteiger partial charge in [-0.2, -0.15) is 0 Å². The Hall–Kier alpha value is -2.13. The summed E-state index contributed by atoms with van der Waals surface area (Å²) in [6, 6.07) is 3.60. The molecule has 4 N–H and O–H groups in total. The molecule has 114 valence electrons. The van der Waals surface area contributed by atoms with Crippen molar-refractivity contribution in [1.29, 1.82) is 0 Å². The number of likely N-dealkylation sites (N-methyl/N-ethyl adjacent to an activating group) is 1. The second-order valence-corrected chi connectivity index (χ2v) is 6.51. The van der Waals surface area contributed by atoms with E-state index in [4.69, 9.17) is 5.73 Å². The first-order valence-electron chi connectivity index (χ1n) is 6.16. The number of hydrogen-bond donors (Lipinski definition) is 3. The quantitative estimate of drug-likeness (QED) is 0.501. The summed E-state index contributed by atoms with van der Waals surface area (Å²) in [4.78, 5) is 24.2. The van der Waals surface area contributed by atoms with Crippen LogP contribution < -0.4 is 15.8 Å². The molecule has 0 aliphatic carbocycles. The van der Waals surface area contributed by atoms with Crippen molar-refractivity contribution in [2.75, 3.05) is 25.1 Å². The predicted molar refractivity (Wildman–Crippen MR) is 76.9 cm³/mol. The number of nitrogens with two attached hydrogens (primary N) is 1. The predicted octanol–water partition coefficient (Wildman–Crippen LogP) is -0.654. The first-order valence-corrected chi connectivity index (χ1v) is 7.64. The number of anilines is 2.